The number of hydrogen-bond donors (Lipinski definition) is 2. The Morgan fingerprint density at radius 1 is 1.27 bits per heavy atom. The van der Waals surface area contributed by atoms with Gasteiger partial charge in [-0.25, -0.2) is 0 Å². The zero-order chi connectivity index (χ0) is 15.9. The average molecular weight is 304 g/mol. The molecule has 1 aromatic carbocycles. The van der Waals surface area contributed by atoms with Gasteiger partial charge in [-0.05, 0) is 37.5 Å². The third-order valence-corrected chi connectivity index (χ3v) is 3.62. The van der Waals surface area contributed by atoms with Gasteiger partial charge in [0.05, 0.1) is 11.3 Å². The smallest absolute Gasteiger partial charge is 0.140 e. The number of ether oxygens (including phenoxy) is 1. The van der Waals surface area contributed by atoms with E-state index in [-0.39, 0.29) is 12.5 Å². The fraction of sp³-hybridized carbons (Fsp3) is 0.471. The van der Waals surface area contributed by atoms with Crippen molar-refractivity contribution >= 4 is 0 Å². The van der Waals surface area contributed by atoms with Crippen LogP contribution in [-0.4, -0.2) is 23.4 Å². The van der Waals surface area contributed by atoms with E-state index >= 15 is 0 Å². The number of aliphatic hydroxyl groups is 1. The monoisotopic (exact) mass is 304 g/mol. The maximum atomic E-state index is 8.98. The number of nitrogens with zero attached hydrogens (tertiary/aromatic N) is 1. The standard InChI is InChI=1S/C17H24N2O3/c1-12(10-20)8-18-9-15-4-6-16(7-5-15)21-11-17-13(2)19-22-14(17)3/h4-7,12,18,20H,8-11H2,1-3H3. The predicted octanol–water partition coefficient (Wildman–Crippen LogP) is 2.59. The van der Waals surface area contributed by atoms with Crippen LogP contribution < -0.4 is 10.1 Å². The first-order valence-corrected chi connectivity index (χ1v) is 7.55. The number of rotatable bonds is 8. The van der Waals surface area contributed by atoms with Crippen LogP contribution in [0.4, 0.5) is 0 Å². The molecule has 0 fully saturated rings. The highest BCUT2D eigenvalue weighted by Crippen LogP contribution is 2.17. The first kappa shape index (κ1) is 16.5. The first-order chi connectivity index (χ1) is 10.6. The Morgan fingerprint density at radius 3 is 2.59 bits per heavy atom. The summed E-state index contributed by atoms with van der Waals surface area (Å²) < 4.78 is 10.9. The maximum absolute atomic E-state index is 8.98. The third kappa shape index (κ3) is 4.58. The van der Waals surface area contributed by atoms with Crippen molar-refractivity contribution in [1.29, 1.82) is 0 Å². The number of nitrogens with one attached hydrogen (secondary N) is 1. The quantitative estimate of drug-likeness (QED) is 0.784. The summed E-state index contributed by atoms with van der Waals surface area (Å²) in [4.78, 5) is 0. The van der Waals surface area contributed by atoms with Crippen LogP contribution in [0, 0.1) is 19.8 Å². The summed E-state index contributed by atoms with van der Waals surface area (Å²) in [5, 5.41) is 16.2. The molecule has 1 atom stereocenters. The molecular formula is C17H24N2O3. The lowest BCUT2D eigenvalue weighted by Crippen LogP contribution is -2.22. The van der Waals surface area contributed by atoms with Crippen molar-refractivity contribution in [1.82, 2.24) is 10.5 Å². The summed E-state index contributed by atoms with van der Waals surface area (Å²) in [5.41, 5.74) is 3.06. The van der Waals surface area contributed by atoms with E-state index in [1.54, 1.807) is 0 Å². The van der Waals surface area contributed by atoms with E-state index in [0.717, 1.165) is 35.9 Å². The minimum Gasteiger partial charge on any atom is -0.489 e. The Morgan fingerprint density at radius 2 is 2.00 bits per heavy atom. The van der Waals surface area contributed by atoms with E-state index in [0.29, 0.717) is 6.61 Å². The number of aromatic nitrogens is 1. The highest BCUT2D eigenvalue weighted by Gasteiger charge is 2.09. The molecule has 0 aliphatic rings. The van der Waals surface area contributed by atoms with Crippen molar-refractivity contribution in [2.24, 2.45) is 5.92 Å². The van der Waals surface area contributed by atoms with Gasteiger partial charge in [-0.2, -0.15) is 0 Å². The molecule has 0 spiro atoms. The van der Waals surface area contributed by atoms with Crippen LogP contribution >= 0.6 is 0 Å². The molecule has 1 unspecified atom stereocenters. The van der Waals surface area contributed by atoms with Crippen LogP contribution in [0.3, 0.4) is 0 Å². The summed E-state index contributed by atoms with van der Waals surface area (Å²) >= 11 is 0. The van der Waals surface area contributed by atoms with Crippen molar-refractivity contribution in [3.05, 3.63) is 46.8 Å². The second-order valence-electron chi connectivity index (χ2n) is 5.65. The van der Waals surface area contributed by atoms with Crippen LogP contribution in [0.5, 0.6) is 5.75 Å². The first-order valence-electron chi connectivity index (χ1n) is 7.55. The lowest BCUT2D eigenvalue weighted by molar-refractivity contribution is 0.233. The van der Waals surface area contributed by atoms with Gasteiger partial charge in [0.15, 0.2) is 0 Å². The van der Waals surface area contributed by atoms with E-state index < -0.39 is 0 Å². The molecule has 120 valence electrons. The van der Waals surface area contributed by atoms with E-state index in [9.17, 15) is 0 Å². The van der Waals surface area contributed by atoms with E-state index in [4.69, 9.17) is 14.4 Å². The van der Waals surface area contributed by atoms with E-state index in [2.05, 4.69) is 10.5 Å². The highest BCUT2D eigenvalue weighted by atomic mass is 16.5. The van der Waals surface area contributed by atoms with Gasteiger partial charge in [-0.1, -0.05) is 24.2 Å². The van der Waals surface area contributed by atoms with Crippen LogP contribution in [0.15, 0.2) is 28.8 Å². The van der Waals surface area contributed by atoms with E-state index in [1.165, 1.54) is 5.56 Å². The number of aliphatic hydroxyl groups excluding tert-OH is 1. The van der Waals surface area contributed by atoms with Gasteiger partial charge in [-0.15, -0.1) is 0 Å². The van der Waals surface area contributed by atoms with Gasteiger partial charge < -0.3 is 19.7 Å². The second kappa shape index (κ2) is 7.96. The number of aryl methyl sites for hydroxylation is 2. The second-order valence-corrected chi connectivity index (χ2v) is 5.65. The topological polar surface area (TPSA) is 67.5 Å². The molecule has 0 bridgehead atoms. The number of benzene rings is 1. The molecule has 2 rings (SSSR count). The van der Waals surface area contributed by atoms with Gasteiger partial charge in [0.25, 0.3) is 0 Å². The van der Waals surface area contributed by atoms with Crippen molar-refractivity contribution in [3.8, 4) is 5.75 Å². The SMILES string of the molecule is Cc1noc(C)c1COc1ccc(CNCC(C)CO)cc1. The molecule has 1 aromatic heterocycles. The Hall–Kier alpha value is -1.85. The minimum atomic E-state index is 0.210. The van der Waals surface area contributed by atoms with Gasteiger partial charge in [0, 0.05) is 19.7 Å². The number of hydrogen-bond acceptors (Lipinski definition) is 5. The summed E-state index contributed by atoms with van der Waals surface area (Å²) in [7, 11) is 0. The highest BCUT2D eigenvalue weighted by molar-refractivity contribution is 5.28. The van der Waals surface area contributed by atoms with Crippen molar-refractivity contribution in [3.63, 3.8) is 0 Å². The molecule has 1 heterocycles. The lowest BCUT2D eigenvalue weighted by atomic mass is 10.2. The molecule has 5 nitrogen and oxygen atoms in total. The third-order valence-electron chi connectivity index (χ3n) is 3.62. The van der Waals surface area contributed by atoms with Gasteiger partial charge in [0.1, 0.15) is 18.1 Å². The zero-order valence-electron chi connectivity index (χ0n) is 13.4. The van der Waals surface area contributed by atoms with Crippen LogP contribution in [0.2, 0.25) is 0 Å². The van der Waals surface area contributed by atoms with Gasteiger partial charge in [0.2, 0.25) is 0 Å². The molecule has 0 amide bonds. The molecule has 0 saturated heterocycles. The maximum Gasteiger partial charge on any atom is 0.140 e. The molecule has 5 heteroatoms. The average Bonchev–Trinajstić information content (AvgIpc) is 2.85. The molecule has 0 radical (unpaired) electrons. The molecule has 2 N–H and O–H groups in total. The normalized spacial score (nSPS) is 12.4. The fourth-order valence-corrected chi connectivity index (χ4v) is 2.09. The Labute approximate surface area is 131 Å². The lowest BCUT2D eigenvalue weighted by Gasteiger charge is -2.10. The Kier molecular flexibility index (Phi) is 5.98. The van der Waals surface area contributed by atoms with Crippen LogP contribution in [0.1, 0.15) is 29.5 Å². The van der Waals surface area contributed by atoms with Crippen molar-refractivity contribution in [2.75, 3.05) is 13.2 Å². The minimum absolute atomic E-state index is 0.210. The Balaban J connectivity index is 1.82. The largest absolute Gasteiger partial charge is 0.489 e. The van der Waals surface area contributed by atoms with Crippen LogP contribution in [-0.2, 0) is 13.2 Å². The molecule has 0 saturated carbocycles. The molecule has 0 aliphatic heterocycles. The molecule has 0 aliphatic carbocycles. The summed E-state index contributed by atoms with van der Waals surface area (Å²) in [6.45, 7) is 8.08. The van der Waals surface area contributed by atoms with Gasteiger partial charge in [-0.3, -0.25) is 0 Å². The van der Waals surface area contributed by atoms with Gasteiger partial charge >= 0.3 is 0 Å². The summed E-state index contributed by atoms with van der Waals surface area (Å²) in [5.74, 6) is 1.90. The Bertz CT molecular complexity index is 559. The zero-order valence-corrected chi connectivity index (χ0v) is 13.4. The summed E-state index contributed by atoms with van der Waals surface area (Å²) in [6.07, 6.45) is 0. The molecule has 2 aromatic rings. The summed E-state index contributed by atoms with van der Waals surface area (Å²) in [6, 6.07) is 8.01. The predicted molar refractivity (Wildman–Crippen MR) is 84.7 cm³/mol. The van der Waals surface area contributed by atoms with Crippen LogP contribution in [0.25, 0.3) is 0 Å². The van der Waals surface area contributed by atoms with E-state index in [1.807, 2.05) is 45.0 Å². The van der Waals surface area contributed by atoms with Crippen molar-refractivity contribution in [2.45, 2.75) is 33.9 Å². The van der Waals surface area contributed by atoms with Crippen molar-refractivity contribution < 1.29 is 14.4 Å². The fourth-order valence-electron chi connectivity index (χ4n) is 2.09. The molecule has 22 heavy (non-hydrogen) atoms. The molecular weight excluding hydrogens is 280 g/mol.